The molecule has 0 aromatic carbocycles. The van der Waals surface area contributed by atoms with Gasteiger partial charge in [0.15, 0.2) is 0 Å². The molecule has 1 aliphatic rings. The zero-order valence-corrected chi connectivity index (χ0v) is 9.67. The Balaban J connectivity index is 2.15. The van der Waals surface area contributed by atoms with E-state index in [1.807, 2.05) is 0 Å². The molecule has 15 heavy (non-hydrogen) atoms. The molecule has 88 valence electrons. The molecule has 0 aliphatic carbocycles. The number of nitrogens with two attached hydrogens (primary N) is 1. The summed E-state index contributed by atoms with van der Waals surface area (Å²) in [6.45, 7) is 6.12. The molecule has 4 nitrogen and oxygen atoms in total. The minimum atomic E-state index is 0.299. The fraction of sp³-hybridized carbons (Fsp3) is 0.909. The van der Waals surface area contributed by atoms with Crippen LogP contribution in [0.25, 0.3) is 0 Å². The summed E-state index contributed by atoms with van der Waals surface area (Å²) in [5.74, 6) is 0.299. The van der Waals surface area contributed by atoms with Crippen LogP contribution in [0.15, 0.2) is 0 Å². The van der Waals surface area contributed by atoms with Gasteiger partial charge in [-0.05, 0) is 39.3 Å². The molecule has 0 saturated carbocycles. The van der Waals surface area contributed by atoms with Gasteiger partial charge in [-0.1, -0.05) is 0 Å². The summed E-state index contributed by atoms with van der Waals surface area (Å²) < 4.78 is 5.63. The number of hydrogen-bond acceptors (Lipinski definition) is 3. The Morgan fingerprint density at radius 3 is 3.07 bits per heavy atom. The minimum Gasteiger partial charge on any atom is -0.388 e. The van der Waals surface area contributed by atoms with E-state index in [2.05, 4.69) is 11.8 Å². The Morgan fingerprint density at radius 2 is 2.40 bits per heavy atom. The van der Waals surface area contributed by atoms with Crippen LogP contribution < -0.4 is 5.73 Å². The van der Waals surface area contributed by atoms with Gasteiger partial charge in [0.25, 0.3) is 0 Å². The Kier molecular flexibility index (Phi) is 5.65. The van der Waals surface area contributed by atoms with Gasteiger partial charge in [0.05, 0.1) is 11.9 Å². The third kappa shape index (κ3) is 5.14. The third-order valence-electron chi connectivity index (χ3n) is 2.79. The van der Waals surface area contributed by atoms with Crippen LogP contribution in [0.3, 0.4) is 0 Å². The standard InChI is InChI=1S/C11H23N3O/c1-2-15-10-5-3-7-14(9-10)8-4-6-11(12)13/h10H,2-9H2,1H3,(H3,12,13). The summed E-state index contributed by atoms with van der Waals surface area (Å²) >= 11 is 0. The number of rotatable bonds is 6. The second-order valence-corrected chi connectivity index (χ2v) is 4.15. The van der Waals surface area contributed by atoms with E-state index in [4.69, 9.17) is 15.9 Å². The Hall–Kier alpha value is -0.610. The SMILES string of the molecule is CCOC1CCCN(CCCC(=N)N)C1. The smallest absolute Gasteiger partial charge is 0.0905 e. The van der Waals surface area contributed by atoms with E-state index in [9.17, 15) is 0 Å². The highest BCUT2D eigenvalue weighted by Crippen LogP contribution is 2.13. The van der Waals surface area contributed by atoms with Crippen molar-refractivity contribution in [3.05, 3.63) is 0 Å². The average Bonchev–Trinajstić information content (AvgIpc) is 2.18. The van der Waals surface area contributed by atoms with Crippen LogP contribution in [-0.2, 0) is 4.74 Å². The molecule has 4 heteroatoms. The molecule has 1 fully saturated rings. The molecule has 0 spiro atoms. The fourth-order valence-corrected chi connectivity index (χ4v) is 2.08. The number of amidine groups is 1. The van der Waals surface area contributed by atoms with E-state index in [1.54, 1.807) is 0 Å². The van der Waals surface area contributed by atoms with Crippen molar-refractivity contribution in [2.45, 2.75) is 38.7 Å². The molecular formula is C11H23N3O. The molecule has 0 aromatic heterocycles. The van der Waals surface area contributed by atoms with Crippen molar-refractivity contribution < 1.29 is 4.74 Å². The second-order valence-electron chi connectivity index (χ2n) is 4.15. The molecule has 0 aromatic rings. The van der Waals surface area contributed by atoms with E-state index >= 15 is 0 Å². The van der Waals surface area contributed by atoms with Gasteiger partial charge in [-0.15, -0.1) is 0 Å². The summed E-state index contributed by atoms with van der Waals surface area (Å²) in [5, 5.41) is 7.15. The molecule has 1 rings (SSSR count). The van der Waals surface area contributed by atoms with Crippen molar-refractivity contribution >= 4 is 5.84 Å². The molecule has 1 aliphatic heterocycles. The molecule has 0 bridgehead atoms. The first kappa shape index (κ1) is 12.5. The number of nitrogens with zero attached hydrogens (tertiary/aromatic N) is 1. The zero-order chi connectivity index (χ0) is 11.1. The first-order valence-corrected chi connectivity index (χ1v) is 5.89. The Labute approximate surface area is 92.3 Å². The molecular weight excluding hydrogens is 190 g/mol. The first-order chi connectivity index (χ1) is 7.22. The summed E-state index contributed by atoms with van der Waals surface area (Å²) in [6, 6.07) is 0. The minimum absolute atomic E-state index is 0.299. The van der Waals surface area contributed by atoms with E-state index in [1.165, 1.54) is 19.4 Å². The van der Waals surface area contributed by atoms with Crippen LogP contribution in [0.2, 0.25) is 0 Å². The van der Waals surface area contributed by atoms with Gasteiger partial charge in [0, 0.05) is 19.6 Å². The highest BCUT2D eigenvalue weighted by Gasteiger charge is 2.19. The number of likely N-dealkylation sites (tertiary alicyclic amines) is 1. The van der Waals surface area contributed by atoms with Crippen LogP contribution >= 0.6 is 0 Å². The second kappa shape index (κ2) is 6.80. The number of hydrogen-bond donors (Lipinski definition) is 2. The lowest BCUT2D eigenvalue weighted by Crippen LogP contribution is -2.40. The third-order valence-corrected chi connectivity index (χ3v) is 2.79. The summed E-state index contributed by atoms with van der Waals surface area (Å²) in [4.78, 5) is 2.42. The maximum Gasteiger partial charge on any atom is 0.0905 e. The Bertz CT molecular complexity index is 194. The predicted molar refractivity (Wildman–Crippen MR) is 62.2 cm³/mol. The normalized spacial score (nSPS) is 22.9. The Morgan fingerprint density at radius 1 is 1.60 bits per heavy atom. The van der Waals surface area contributed by atoms with Gasteiger partial charge < -0.3 is 15.4 Å². The van der Waals surface area contributed by atoms with Crippen LogP contribution in [-0.4, -0.2) is 43.1 Å². The van der Waals surface area contributed by atoms with E-state index in [0.717, 1.165) is 32.5 Å². The highest BCUT2D eigenvalue weighted by molar-refractivity contribution is 5.76. The van der Waals surface area contributed by atoms with Gasteiger partial charge in [-0.25, -0.2) is 0 Å². The maximum atomic E-state index is 7.15. The molecule has 1 saturated heterocycles. The van der Waals surface area contributed by atoms with Crippen LogP contribution in [0.4, 0.5) is 0 Å². The molecule has 0 radical (unpaired) electrons. The summed E-state index contributed by atoms with van der Waals surface area (Å²) in [7, 11) is 0. The van der Waals surface area contributed by atoms with E-state index < -0.39 is 0 Å². The topological polar surface area (TPSA) is 62.3 Å². The lowest BCUT2D eigenvalue weighted by molar-refractivity contribution is 0.00588. The maximum absolute atomic E-state index is 7.15. The zero-order valence-electron chi connectivity index (χ0n) is 9.67. The van der Waals surface area contributed by atoms with Gasteiger partial charge in [0.2, 0.25) is 0 Å². The summed E-state index contributed by atoms with van der Waals surface area (Å²) in [6.07, 6.45) is 4.55. The number of ether oxygens (including phenoxy) is 1. The average molecular weight is 213 g/mol. The number of nitrogens with one attached hydrogen (secondary N) is 1. The van der Waals surface area contributed by atoms with Gasteiger partial charge >= 0.3 is 0 Å². The van der Waals surface area contributed by atoms with Crippen molar-refractivity contribution in [2.24, 2.45) is 5.73 Å². The van der Waals surface area contributed by atoms with Gasteiger partial charge in [0.1, 0.15) is 0 Å². The van der Waals surface area contributed by atoms with Crippen molar-refractivity contribution in [2.75, 3.05) is 26.2 Å². The molecule has 0 amide bonds. The quantitative estimate of drug-likeness (QED) is 0.515. The van der Waals surface area contributed by atoms with E-state index in [-0.39, 0.29) is 0 Å². The van der Waals surface area contributed by atoms with Crippen LogP contribution in [0.1, 0.15) is 32.6 Å². The van der Waals surface area contributed by atoms with Gasteiger partial charge in [-0.2, -0.15) is 0 Å². The fourth-order valence-electron chi connectivity index (χ4n) is 2.08. The lowest BCUT2D eigenvalue weighted by atomic mass is 10.1. The highest BCUT2D eigenvalue weighted by atomic mass is 16.5. The van der Waals surface area contributed by atoms with Crippen molar-refractivity contribution in [3.63, 3.8) is 0 Å². The molecule has 3 N–H and O–H groups in total. The molecule has 1 unspecified atom stereocenters. The molecule has 1 atom stereocenters. The van der Waals surface area contributed by atoms with Crippen molar-refractivity contribution in [1.82, 2.24) is 4.90 Å². The van der Waals surface area contributed by atoms with Crippen molar-refractivity contribution in [3.8, 4) is 0 Å². The van der Waals surface area contributed by atoms with Crippen LogP contribution in [0.5, 0.6) is 0 Å². The monoisotopic (exact) mass is 213 g/mol. The number of piperidine rings is 1. The predicted octanol–water partition coefficient (Wildman–Crippen LogP) is 1.20. The first-order valence-electron chi connectivity index (χ1n) is 5.89. The van der Waals surface area contributed by atoms with E-state index in [0.29, 0.717) is 11.9 Å². The summed E-state index contributed by atoms with van der Waals surface area (Å²) in [5.41, 5.74) is 5.32. The largest absolute Gasteiger partial charge is 0.388 e. The van der Waals surface area contributed by atoms with Crippen molar-refractivity contribution in [1.29, 1.82) is 5.41 Å². The molecule has 1 heterocycles. The van der Waals surface area contributed by atoms with Gasteiger partial charge in [-0.3, -0.25) is 5.41 Å². The van der Waals surface area contributed by atoms with Crippen LogP contribution in [0, 0.1) is 5.41 Å². The lowest BCUT2D eigenvalue weighted by Gasteiger charge is -2.32.